The van der Waals surface area contributed by atoms with Crippen LogP contribution < -0.4 is 4.90 Å². The molecule has 1 aromatic heterocycles. The van der Waals surface area contributed by atoms with Crippen molar-refractivity contribution in [3.05, 3.63) is 35.9 Å². The van der Waals surface area contributed by atoms with Crippen LogP contribution in [0.2, 0.25) is 0 Å². The molecule has 112 valence electrons. The van der Waals surface area contributed by atoms with Crippen LogP contribution in [0.4, 0.5) is 5.82 Å². The van der Waals surface area contributed by atoms with Gasteiger partial charge < -0.3 is 9.64 Å². The third kappa shape index (κ3) is 3.30. The van der Waals surface area contributed by atoms with Gasteiger partial charge in [0, 0.05) is 38.1 Å². The predicted molar refractivity (Wildman–Crippen MR) is 88.1 cm³/mol. The number of benzene rings is 1. The second kappa shape index (κ2) is 6.63. The minimum atomic E-state index is 0.515. The summed E-state index contributed by atoms with van der Waals surface area (Å²) in [5, 5.41) is 1.15. The average molecular weight is 305 g/mol. The molecule has 0 bridgehead atoms. The van der Waals surface area contributed by atoms with Crippen molar-refractivity contribution in [1.29, 1.82) is 0 Å². The van der Waals surface area contributed by atoms with Crippen LogP contribution in [0.1, 0.15) is 18.4 Å². The maximum Gasteiger partial charge on any atom is 0.129 e. The molecule has 0 amide bonds. The third-order valence-corrected chi connectivity index (χ3v) is 4.48. The first-order valence-corrected chi connectivity index (χ1v) is 8.05. The van der Waals surface area contributed by atoms with Crippen LogP contribution in [0.15, 0.2) is 30.3 Å². The Labute approximate surface area is 130 Å². The molecule has 0 aliphatic carbocycles. The third-order valence-electron chi connectivity index (χ3n) is 4.20. The van der Waals surface area contributed by atoms with E-state index in [4.69, 9.17) is 21.3 Å². The Balaban J connectivity index is 1.85. The Bertz CT molecular complexity index is 611. The zero-order chi connectivity index (χ0) is 14.7. The Morgan fingerprint density at radius 3 is 2.81 bits per heavy atom. The van der Waals surface area contributed by atoms with E-state index in [-0.39, 0.29) is 0 Å². The van der Waals surface area contributed by atoms with Crippen molar-refractivity contribution in [2.75, 3.05) is 31.7 Å². The van der Waals surface area contributed by atoms with Crippen LogP contribution in [0.25, 0.3) is 10.9 Å². The lowest BCUT2D eigenvalue weighted by molar-refractivity contribution is 0.0685. The van der Waals surface area contributed by atoms with Crippen molar-refractivity contribution >= 4 is 28.3 Å². The van der Waals surface area contributed by atoms with Crippen molar-refractivity contribution in [2.45, 2.75) is 18.7 Å². The number of anilines is 1. The molecule has 3 rings (SSSR count). The molecule has 4 heteroatoms. The molecule has 1 aromatic carbocycles. The number of hydrogen-bond donors (Lipinski definition) is 0. The van der Waals surface area contributed by atoms with E-state index in [2.05, 4.69) is 30.1 Å². The molecular formula is C17H21ClN2O. The number of fused-ring (bicyclic) bond motifs is 1. The molecule has 1 fully saturated rings. The highest BCUT2D eigenvalue weighted by atomic mass is 35.5. The van der Waals surface area contributed by atoms with Gasteiger partial charge >= 0.3 is 0 Å². The number of para-hydroxylation sites is 1. The summed E-state index contributed by atoms with van der Waals surface area (Å²) in [5.41, 5.74) is 2.17. The monoisotopic (exact) mass is 304 g/mol. The van der Waals surface area contributed by atoms with Crippen LogP contribution >= 0.6 is 11.6 Å². The van der Waals surface area contributed by atoms with Crippen molar-refractivity contribution in [3.63, 3.8) is 0 Å². The van der Waals surface area contributed by atoms with Crippen LogP contribution in [-0.4, -0.2) is 31.8 Å². The summed E-state index contributed by atoms with van der Waals surface area (Å²) >= 11 is 6.11. The van der Waals surface area contributed by atoms with Crippen LogP contribution in [0, 0.1) is 5.92 Å². The maximum atomic E-state index is 6.11. The largest absolute Gasteiger partial charge is 0.381 e. The number of pyridine rings is 1. The average Bonchev–Trinajstić information content (AvgIpc) is 2.54. The Kier molecular flexibility index (Phi) is 4.61. The standard InChI is InChI=1S/C17H21ClN2O/c1-20(12-13-6-8-21-9-7-13)17-10-14(11-18)15-4-2-3-5-16(15)19-17/h2-5,10,13H,6-9,11-12H2,1H3. The Hall–Kier alpha value is -1.32. The zero-order valence-corrected chi connectivity index (χ0v) is 13.1. The van der Waals surface area contributed by atoms with Gasteiger partial charge in [0.25, 0.3) is 0 Å². The lowest BCUT2D eigenvalue weighted by Crippen LogP contribution is -2.30. The zero-order valence-electron chi connectivity index (χ0n) is 12.4. The van der Waals surface area contributed by atoms with Crippen molar-refractivity contribution < 1.29 is 4.74 Å². The van der Waals surface area contributed by atoms with Crippen molar-refractivity contribution in [2.24, 2.45) is 5.92 Å². The fraction of sp³-hybridized carbons (Fsp3) is 0.471. The summed E-state index contributed by atoms with van der Waals surface area (Å²) in [6.07, 6.45) is 2.28. The molecule has 1 saturated heterocycles. The molecule has 0 atom stereocenters. The van der Waals surface area contributed by atoms with E-state index < -0.39 is 0 Å². The molecule has 0 unspecified atom stereocenters. The molecule has 21 heavy (non-hydrogen) atoms. The highest BCUT2D eigenvalue weighted by Gasteiger charge is 2.17. The minimum absolute atomic E-state index is 0.515. The predicted octanol–water partition coefficient (Wildman–Crippen LogP) is 3.84. The molecule has 3 nitrogen and oxygen atoms in total. The topological polar surface area (TPSA) is 25.4 Å². The normalized spacial score (nSPS) is 16.3. The Morgan fingerprint density at radius 2 is 2.05 bits per heavy atom. The van der Waals surface area contributed by atoms with Crippen LogP contribution in [-0.2, 0) is 10.6 Å². The lowest BCUT2D eigenvalue weighted by Gasteiger charge is -2.28. The molecule has 2 aromatic rings. The first kappa shape index (κ1) is 14.6. The summed E-state index contributed by atoms with van der Waals surface area (Å²) in [6, 6.07) is 10.3. The van der Waals surface area contributed by atoms with Crippen molar-refractivity contribution in [3.8, 4) is 0 Å². The van der Waals surface area contributed by atoms with Crippen molar-refractivity contribution in [1.82, 2.24) is 4.98 Å². The van der Waals surface area contributed by atoms with Gasteiger partial charge in [0.1, 0.15) is 5.82 Å². The highest BCUT2D eigenvalue weighted by molar-refractivity contribution is 6.18. The molecule has 0 saturated carbocycles. The van der Waals surface area contributed by atoms with E-state index in [0.717, 1.165) is 54.9 Å². The van der Waals surface area contributed by atoms with E-state index in [0.29, 0.717) is 11.8 Å². The van der Waals surface area contributed by atoms with E-state index in [1.54, 1.807) is 0 Å². The molecule has 1 aliphatic heterocycles. The fourth-order valence-corrected chi connectivity index (χ4v) is 3.17. The number of hydrogen-bond acceptors (Lipinski definition) is 3. The summed E-state index contributed by atoms with van der Waals surface area (Å²) < 4.78 is 5.43. The van der Waals surface area contributed by atoms with Gasteiger partial charge in [-0.15, -0.1) is 11.6 Å². The van der Waals surface area contributed by atoms with Gasteiger partial charge in [0.05, 0.1) is 5.52 Å². The first-order chi connectivity index (χ1) is 10.3. The van der Waals surface area contributed by atoms with Gasteiger partial charge in [0.2, 0.25) is 0 Å². The highest BCUT2D eigenvalue weighted by Crippen LogP contribution is 2.25. The smallest absolute Gasteiger partial charge is 0.129 e. The first-order valence-electron chi connectivity index (χ1n) is 7.51. The van der Waals surface area contributed by atoms with E-state index in [9.17, 15) is 0 Å². The van der Waals surface area contributed by atoms with Crippen LogP contribution in [0.5, 0.6) is 0 Å². The van der Waals surface area contributed by atoms with Gasteiger partial charge in [-0.1, -0.05) is 18.2 Å². The van der Waals surface area contributed by atoms with Gasteiger partial charge in [-0.3, -0.25) is 0 Å². The number of aromatic nitrogens is 1. The molecule has 0 N–H and O–H groups in total. The van der Waals surface area contributed by atoms with E-state index in [1.165, 1.54) is 0 Å². The second-order valence-corrected chi connectivity index (χ2v) is 5.99. The quantitative estimate of drug-likeness (QED) is 0.803. The number of halogens is 1. The summed E-state index contributed by atoms with van der Waals surface area (Å²) in [5.74, 6) is 2.22. The summed E-state index contributed by atoms with van der Waals surface area (Å²) in [4.78, 5) is 7.03. The molecule has 1 aliphatic rings. The number of ether oxygens (including phenoxy) is 1. The minimum Gasteiger partial charge on any atom is -0.381 e. The van der Waals surface area contributed by atoms with Gasteiger partial charge in [-0.2, -0.15) is 0 Å². The second-order valence-electron chi connectivity index (χ2n) is 5.73. The lowest BCUT2D eigenvalue weighted by atomic mass is 10.00. The van der Waals surface area contributed by atoms with Crippen LogP contribution in [0.3, 0.4) is 0 Å². The number of rotatable bonds is 4. The SMILES string of the molecule is CN(CC1CCOCC1)c1cc(CCl)c2ccccc2n1. The van der Waals surface area contributed by atoms with Gasteiger partial charge in [0.15, 0.2) is 0 Å². The molecular weight excluding hydrogens is 284 g/mol. The number of nitrogens with zero attached hydrogens (tertiary/aromatic N) is 2. The summed E-state index contributed by atoms with van der Waals surface area (Å²) in [7, 11) is 2.12. The Morgan fingerprint density at radius 1 is 1.29 bits per heavy atom. The fourth-order valence-electron chi connectivity index (χ4n) is 2.95. The van der Waals surface area contributed by atoms with E-state index in [1.807, 2.05) is 12.1 Å². The summed E-state index contributed by atoms with van der Waals surface area (Å²) in [6.45, 7) is 2.80. The molecule has 0 radical (unpaired) electrons. The maximum absolute atomic E-state index is 6.11. The molecule has 2 heterocycles. The number of alkyl halides is 1. The molecule has 0 spiro atoms. The van der Waals surface area contributed by atoms with Gasteiger partial charge in [-0.05, 0) is 36.5 Å². The van der Waals surface area contributed by atoms with Gasteiger partial charge in [-0.25, -0.2) is 4.98 Å². The van der Waals surface area contributed by atoms with E-state index >= 15 is 0 Å².